The van der Waals surface area contributed by atoms with E-state index in [2.05, 4.69) is 0 Å². The van der Waals surface area contributed by atoms with Gasteiger partial charge < -0.3 is 5.11 Å². The Kier molecular flexibility index (Phi) is 3.12. The highest BCUT2D eigenvalue weighted by molar-refractivity contribution is 5.74. The van der Waals surface area contributed by atoms with Crippen molar-refractivity contribution in [2.75, 3.05) is 0 Å². The summed E-state index contributed by atoms with van der Waals surface area (Å²) in [6.07, 6.45) is -1.49. The molecule has 0 aliphatic heterocycles. The molecule has 1 atom stereocenters. The van der Waals surface area contributed by atoms with E-state index in [1.165, 1.54) is 13.8 Å². The number of carboxylic acids is 1. The second-order valence-electron chi connectivity index (χ2n) is 4.30. The third-order valence-corrected chi connectivity index (χ3v) is 2.52. The van der Waals surface area contributed by atoms with E-state index < -0.39 is 17.6 Å². The van der Waals surface area contributed by atoms with Crippen LogP contribution in [-0.2, 0) is 4.79 Å². The average molecular weight is 210 g/mol. The molecular weight excluding hydrogens is 195 g/mol. The minimum absolute atomic E-state index is 0.419. The minimum Gasteiger partial charge on any atom is -0.481 e. The maximum atomic E-state index is 14.0. The standard InChI is InChI=1S/C12H15FO2/c1-8-5-4-6-9(7-8)10(13)12(2,3)11(14)15/h4-7,10H,1-3H3,(H,14,15). The lowest BCUT2D eigenvalue weighted by molar-refractivity contribution is -0.150. The van der Waals surface area contributed by atoms with Gasteiger partial charge in [0.05, 0.1) is 5.41 Å². The van der Waals surface area contributed by atoms with Gasteiger partial charge in [0.25, 0.3) is 0 Å². The predicted molar refractivity (Wildman–Crippen MR) is 56.4 cm³/mol. The van der Waals surface area contributed by atoms with Crippen LogP contribution in [-0.4, -0.2) is 11.1 Å². The van der Waals surface area contributed by atoms with Gasteiger partial charge in [0.1, 0.15) is 6.17 Å². The lowest BCUT2D eigenvalue weighted by atomic mass is 9.83. The smallest absolute Gasteiger partial charge is 0.312 e. The van der Waals surface area contributed by atoms with Crippen LogP contribution in [0, 0.1) is 12.3 Å². The van der Waals surface area contributed by atoms with Gasteiger partial charge in [-0.05, 0) is 26.3 Å². The van der Waals surface area contributed by atoms with Crippen molar-refractivity contribution >= 4 is 5.97 Å². The van der Waals surface area contributed by atoms with Crippen molar-refractivity contribution in [3.05, 3.63) is 35.4 Å². The van der Waals surface area contributed by atoms with Crippen molar-refractivity contribution in [2.45, 2.75) is 26.9 Å². The molecule has 1 aromatic rings. The van der Waals surface area contributed by atoms with Gasteiger partial charge in [0.15, 0.2) is 0 Å². The highest BCUT2D eigenvalue weighted by atomic mass is 19.1. The van der Waals surface area contributed by atoms with Crippen LogP contribution < -0.4 is 0 Å². The van der Waals surface area contributed by atoms with E-state index in [0.29, 0.717) is 5.56 Å². The fraction of sp³-hybridized carbons (Fsp3) is 0.417. The maximum Gasteiger partial charge on any atom is 0.312 e. The third kappa shape index (κ3) is 2.35. The summed E-state index contributed by atoms with van der Waals surface area (Å²) in [4.78, 5) is 10.9. The summed E-state index contributed by atoms with van der Waals surface area (Å²) in [5.74, 6) is -1.13. The fourth-order valence-corrected chi connectivity index (χ4v) is 1.35. The first kappa shape index (κ1) is 11.7. The number of benzene rings is 1. The van der Waals surface area contributed by atoms with E-state index >= 15 is 0 Å². The van der Waals surface area contributed by atoms with E-state index in [1.807, 2.05) is 13.0 Å². The monoisotopic (exact) mass is 210 g/mol. The molecule has 0 aromatic heterocycles. The molecule has 1 N–H and O–H groups in total. The molecule has 82 valence electrons. The SMILES string of the molecule is Cc1cccc(C(F)C(C)(C)C(=O)O)c1. The molecular formula is C12H15FO2. The van der Waals surface area contributed by atoms with Crippen LogP contribution in [0.25, 0.3) is 0 Å². The number of aryl methyl sites for hydroxylation is 1. The highest BCUT2D eigenvalue weighted by Crippen LogP contribution is 2.37. The van der Waals surface area contributed by atoms with Crippen LogP contribution in [0.1, 0.15) is 31.1 Å². The summed E-state index contributed by atoms with van der Waals surface area (Å²) >= 11 is 0. The number of aliphatic carboxylic acids is 1. The van der Waals surface area contributed by atoms with Crippen molar-refractivity contribution < 1.29 is 14.3 Å². The molecule has 15 heavy (non-hydrogen) atoms. The van der Waals surface area contributed by atoms with Crippen LogP contribution in [0.15, 0.2) is 24.3 Å². The second-order valence-corrected chi connectivity index (χ2v) is 4.30. The Hall–Kier alpha value is -1.38. The van der Waals surface area contributed by atoms with Crippen LogP contribution in [0.4, 0.5) is 4.39 Å². The molecule has 0 amide bonds. The Balaban J connectivity index is 3.04. The molecule has 0 fully saturated rings. The van der Waals surface area contributed by atoms with Gasteiger partial charge in [-0.3, -0.25) is 4.79 Å². The molecule has 0 saturated heterocycles. The summed E-state index contributed by atoms with van der Waals surface area (Å²) in [6, 6.07) is 6.87. The highest BCUT2D eigenvalue weighted by Gasteiger charge is 2.38. The molecule has 0 aliphatic rings. The zero-order valence-electron chi connectivity index (χ0n) is 9.12. The first-order valence-corrected chi connectivity index (χ1v) is 4.79. The number of alkyl halides is 1. The van der Waals surface area contributed by atoms with Gasteiger partial charge in [0.2, 0.25) is 0 Å². The number of halogens is 1. The van der Waals surface area contributed by atoms with Crippen molar-refractivity contribution in [3.8, 4) is 0 Å². The number of carboxylic acid groups (broad SMARTS) is 1. The van der Waals surface area contributed by atoms with E-state index in [4.69, 9.17) is 5.11 Å². The first-order chi connectivity index (χ1) is 6.85. The Labute approximate surface area is 88.7 Å². The lowest BCUT2D eigenvalue weighted by Crippen LogP contribution is -2.29. The minimum atomic E-state index is -1.49. The van der Waals surface area contributed by atoms with Crippen LogP contribution in [0.2, 0.25) is 0 Å². The number of carbonyl (C=O) groups is 1. The molecule has 1 rings (SSSR count). The van der Waals surface area contributed by atoms with Gasteiger partial charge in [-0.15, -0.1) is 0 Å². The van der Waals surface area contributed by atoms with Crippen molar-refractivity contribution in [1.29, 1.82) is 0 Å². The zero-order chi connectivity index (χ0) is 11.6. The Morgan fingerprint density at radius 2 is 2.07 bits per heavy atom. The largest absolute Gasteiger partial charge is 0.481 e. The topological polar surface area (TPSA) is 37.3 Å². The van der Waals surface area contributed by atoms with Crippen molar-refractivity contribution in [3.63, 3.8) is 0 Å². The molecule has 0 bridgehead atoms. The second kappa shape index (κ2) is 4.01. The van der Waals surface area contributed by atoms with E-state index in [0.717, 1.165) is 5.56 Å². The molecule has 0 heterocycles. The fourth-order valence-electron chi connectivity index (χ4n) is 1.35. The molecule has 2 nitrogen and oxygen atoms in total. The summed E-state index contributed by atoms with van der Waals surface area (Å²) in [7, 11) is 0. The molecule has 0 aliphatic carbocycles. The quantitative estimate of drug-likeness (QED) is 0.832. The normalized spacial score (nSPS) is 13.6. The summed E-state index contributed by atoms with van der Waals surface area (Å²) < 4.78 is 14.0. The molecule has 0 saturated carbocycles. The lowest BCUT2D eigenvalue weighted by Gasteiger charge is -2.24. The van der Waals surface area contributed by atoms with Crippen molar-refractivity contribution in [2.24, 2.45) is 5.41 Å². The number of rotatable bonds is 3. The van der Waals surface area contributed by atoms with Gasteiger partial charge >= 0.3 is 5.97 Å². The van der Waals surface area contributed by atoms with E-state index in [-0.39, 0.29) is 0 Å². The molecule has 0 spiro atoms. The predicted octanol–water partition coefficient (Wildman–Crippen LogP) is 3.12. The number of hydrogen-bond donors (Lipinski definition) is 1. The van der Waals surface area contributed by atoms with E-state index in [1.54, 1.807) is 18.2 Å². The molecule has 1 aromatic carbocycles. The van der Waals surface area contributed by atoms with E-state index in [9.17, 15) is 9.18 Å². The zero-order valence-corrected chi connectivity index (χ0v) is 9.12. The summed E-state index contributed by atoms with van der Waals surface area (Å²) in [6.45, 7) is 4.63. The average Bonchev–Trinajstić information content (AvgIpc) is 2.16. The summed E-state index contributed by atoms with van der Waals surface area (Å²) in [5.41, 5.74) is -0.0490. The maximum absolute atomic E-state index is 14.0. The van der Waals surface area contributed by atoms with Gasteiger partial charge in [-0.25, -0.2) is 4.39 Å². The Morgan fingerprint density at radius 3 is 2.53 bits per heavy atom. The molecule has 3 heteroatoms. The first-order valence-electron chi connectivity index (χ1n) is 4.79. The van der Waals surface area contributed by atoms with Crippen LogP contribution in [0.3, 0.4) is 0 Å². The molecule has 0 radical (unpaired) electrons. The number of hydrogen-bond acceptors (Lipinski definition) is 1. The Bertz CT molecular complexity index is 372. The Morgan fingerprint density at radius 1 is 1.47 bits per heavy atom. The third-order valence-electron chi connectivity index (χ3n) is 2.52. The van der Waals surface area contributed by atoms with Crippen molar-refractivity contribution in [1.82, 2.24) is 0 Å². The molecule has 1 unspecified atom stereocenters. The van der Waals surface area contributed by atoms with Gasteiger partial charge in [-0.2, -0.15) is 0 Å². The van der Waals surface area contributed by atoms with Crippen LogP contribution >= 0.6 is 0 Å². The van der Waals surface area contributed by atoms with Gasteiger partial charge in [0, 0.05) is 0 Å². The van der Waals surface area contributed by atoms with Gasteiger partial charge in [-0.1, -0.05) is 29.8 Å². The van der Waals surface area contributed by atoms with Crippen LogP contribution in [0.5, 0.6) is 0 Å². The summed E-state index contributed by atoms with van der Waals surface area (Å²) in [5, 5.41) is 8.90.